The summed E-state index contributed by atoms with van der Waals surface area (Å²) in [4.78, 5) is 17.0. The van der Waals surface area contributed by atoms with Gasteiger partial charge >= 0.3 is 0 Å². The van der Waals surface area contributed by atoms with Crippen LogP contribution >= 0.6 is 0 Å². The van der Waals surface area contributed by atoms with E-state index in [-0.39, 0.29) is 19.2 Å². The molecule has 172 valence electrons. The van der Waals surface area contributed by atoms with Crippen LogP contribution in [-0.2, 0) is 21.4 Å². The minimum absolute atomic E-state index is 0.184. The molecule has 2 aliphatic rings. The smallest absolute Gasteiger partial charge is 0.243 e. The lowest BCUT2D eigenvalue weighted by Gasteiger charge is -2.36. The van der Waals surface area contributed by atoms with Crippen LogP contribution in [0.2, 0.25) is 0 Å². The quantitative estimate of drug-likeness (QED) is 0.659. The molecule has 0 saturated carbocycles. The Morgan fingerprint density at radius 3 is 2.38 bits per heavy atom. The number of anilines is 1. The first kappa shape index (κ1) is 22.4. The molecule has 2 aromatic carbocycles. The molecule has 4 rings (SSSR count). The minimum Gasteiger partial charge on any atom is -0.454 e. The van der Waals surface area contributed by atoms with Gasteiger partial charge in [0.25, 0.3) is 0 Å². The van der Waals surface area contributed by atoms with Gasteiger partial charge in [0.1, 0.15) is 6.54 Å². The molecule has 32 heavy (non-hydrogen) atoms. The third-order valence-corrected chi connectivity index (χ3v) is 7.17. The van der Waals surface area contributed by atoms with Crippen molar-refractivity contribution in [1.82, 2.24) is 9.80 Å². The molecule has 0 atom stereocenters. The van der Waals surface area contributed by atoms with Gasteiger partial charge in [0, 0.05) is 32.7 Å². The summed E-state index contributed by atoms with van der Waals surface area (Å²) in [6, 6.07) is 11.4. The third-order valence-electron chi connectivity index (χ3n) is 6.03. The summed E-state index contributed by atoms with van der Waals surface area (Å²) in [6.07, 6.45) is 1.14. The topological polar surface area (TPSA) is 79.4 Å². The van der Waals surface area contributed by atoms with Crippen LogP contribution in [0.1, 0.15) is 16.7 Å². The molecule has 2 aliphatic heterocycles. The maximum atomic E-state index is 12.9. The predicted octanol–water partition coefficient (Wildman–Crippen LogP) is 2.14. The van der Waals surface area contributed by atoms with E-state index < -0.39 is 10.0 Å². The van der Waals surface area contributed by atoms with E-state index in [0.717, 1.165) is 54.1 Å². The second-order valence-corrected chi connectivity index (χ2v) is 10.3. The number of hydrogen-bond acceptors (Lipinski definition) is 6. The molecule has 0 unspecified atom stereocenters. The van der Waals surface area contributed by atoms with E-state index in [2.05, 4.69) is 4.90 Å². The number of sulfonamides is 1. The Kier molecular flexibility index (Phi) is 6.30. The van der Waals surface area contributed by atoms with Crippen molar-refractivity contribution in [2.75, 3.05) is 50.1 Å². The second kappa shape index (κ2) is 8.99. The Morgan fingerprint density at radius 1 is 0.969 bits per heavy atom. The Balaban J connectivity index is 1.36. The first-order valence-electron chi connectivity index (χ1n) is 10.6. The Hall–Kier alpha value is -2.78. The van der Waals surface area contributed by atoms with Gasteiger partial charge in [-0.15, -0.1) is 0 Å². The highest BCUT2D eigenvalue weighted by Crippen LogP contribution is 2.33. The van der Waals surface area contributed by atoms with Gasteiger partial charge in [-0.05, 0) is 54.8 Å². The average Bonchev–Trinajstić information content (AvgIpc) is 3.21. The Bertz CT molecular complexity index is 1110. The summed E-state index contributed by atoms with van der Waals surface area (Å²) in [5.74, 6) is 1.35. The van der Waals surface area contributed by atoms with E-state index in [1.165, 1.54) is 4.31 Å². The van der Waals surface area contributed by atoms with Gasteiger partial charge in [0.2, 0.25) is 22.7 Å². The number of nitrogens with zero attached hydrogens (tertiary/aromatic N) is 3. The number of carbonyl (C=O) groups excluding carboxylic acids is 1. The number of ether oxygens (including phenoxy) is 2. The van der Waals surface area contributed by atoms with Crippen LogP contribution in [0.4, 0.5) is 5.69 Å². The van der Waals surface area contributed by atoms with E-state index in [1.807, 2.05) is 44.2 Å². The van der Waals surface area contributed by atoms with Crippen molar-refractivity contribution in [2.45, 2.75) is 20.4 Å². The second-order valence-electron chi connectivity index (χ2n) is 8.38. The highest BCUT2D eigenvalue weighted by atomic mass is 32.2. The molecule has 0 aliphatic carbocycles. The first-order valence-corrected chi connectivity index (χ1v) is 12.5. The van der Waals surface area contributed by atoms with Crippen LogP contribution in [0.25, 0.3) is 0 Å². The number of aryl methyl sites for hydroxylation is 2. The molecule has 2 aromatic rings. The number of hydrogen-bond donors (Lipinski definition) is 0. The van der Waals surface area contributed by atoms with E-state index in [1.54, 1.807) is 11.0 Å². The van der Waals surface area contributed by atoms with Crippen molar-refractivity contribution >= 4 is 21.6 Å². The molecule has 0 radical (unpaired) electrons. The van der Waals surface area contributed by atoms with Crippen LogP contribution in [0, 0.1) is 13.8 Å². The molecule has 9 heteroatoms. The summed E-state index contributed by atoms with van der Waals surface area (Å²) < 4.78 is 36.8. The fourth-order valence-corrected chi connectivity index (χ4v) is 4.80. The minimum atomic E-state index is -3.58. The lowest BCUT2D eigenvalue weighted by Crippen LogP contribution is -2.51. The summed E-state index contributed by atoms with van der Waals surface area (Å²) in [5, 5.41) is 0. The predicted molar refractivity (Wildman–Crippen MR) is 123 cm³/mol. The number of piperazine rings is 1. The monoisotopic (exact) mass is 459 g/mol. The van der Waals surface area contributed by atoms with Crippen molar-refractivity contribution < 1.29 is 22.7 Å². The molecular formula is C23H29N3O5S. The van der Waals surface area contributed by atoms with Crippen LogP contribution in [0.15, 0.2) is 36.4 Å². The maximum Gasteiger partial charge on any atom is 0.243 e. The molecule has 1 saturated heterocycles. The largest absolute Gasteiger partial charge is 0.454 e. The van der Waals surface area contributed by atoms with Gasteiger partial charge in [-0.25, -0.2) is 8.42 Å². The van der Waals surface area contributed by atoms with Crippen molar-refractivity contribution in [3.8, 4) is 11.5 Å². The summed E-state index contributed by atoms with van der Waals surface area (Å²) in [5.41, 5.74) is 3.71. The van der Waals surface area contributed by atoms with Gasteiger partial charge in [-0.2, -0.15) is 0 Å². The molecule has 1 fully saturated rings. The number of rotatable bonds is 6. The lowest BCUT2D eigenvalue weighted by atomic mass is 10.1. The van der Waals surface area contributed by atoms with Crippen LogP contribution in [-0.4, -0.2) is 69.9 Å². The standard InChI is InChI=1S/C23H29N3O5S/c1-17-4-6-20(12-18(17)2)26(32(3,28)29)15-23(27)25-10-8-24(9-11-25)14-19-5-7-21-22(13-19)31-16-30-21/h4-7,12-13H,8-11,14-16H2,1-3H3. The van der Waals surface area contributed by atoms with Crippen molar-refractivity contribution in [3.63, 3.8) is 0 Å². The van der Waals surface area contributed by atoms with Gasteiger partial charge < -0.3 is 14.4 Å². The van der Waals surface area contributed by atoms with E-state index in [9.17, 15) is 13.2 Å². The number of benzene rings is 2. The zero-order valence-corrected chi connectivity index (χ0v) is 19.5. The SMILES string of the molecule is Cc1ccc(N(CC(=O)N2CCN(Cc3ccc4c(c3)OCO4)CC2)S(C)(=O)=O)cc1C. The normalized spacial score (nSPS) is 16.3. The molecule has 1 amide bonds. The van der Waals surface area contributed by atoms with Gasteiger partial charge in [-0.3, -0.25) is 14.0 Å². The van der Waals surface area contributed by atoms with Gasteiger partial charge in [0.05, 0.1) is 11.9 Å². The highest BCUT2D eigenvalue weighted by molar-refractivity contribution is 7.92. The highest BCUT2D eigenvalue weighted by Gasteiger charge is 2.27. The van der Waals surface area contributed by atoms with Gasteiger partial charge in [0.15, 0.2) is 11.5 Å². The number of carbonyl (C=O) groups is 1. The van der Waals surface area contributed by atoms with Crippen LogP contribution in [0.5, 0.6) is 11.5 Å². The van der Waals surface area contributed by atoms with Crippen molar-refractivity contribution in [3.05, 3.63) is 53.1 Å². The Morgan fingerprint density at radius 2 is 1.69 bits per heavy atom. The van der Waals surface area contributed by atoms with Crippen molar-refractivity contribution in [2.24, 2.45) is 0 Å². The third kappa shape index (κ3) is 4.99. The summed E-state index contributed by atoms with van der Waals surface area (Å²) in [6.45, 7) is 7.30. The molecule has 2 heterocycles. The fourth-order valence-electron chi connectivity index (χ4n) is 3.96. The zero-order valence-electron chi connectivity index (χ0n) is 18.7. The average molecular weight is 460 g/mol. The molecule has 0 bridgehead atoms. The fraction of sp³-hybridized carbons (Fsp3) is 0.435. The van der Waals surface area contributed by atoms with Gasteiger partial charge in [-0.1, -0.05) is 12.1 Å². The van der Waals surface area contributed by atoms with Crippen molar-refractivity contribution in [1.29, 1.82) is 0 Å². The molecule has 8 nitrogen and oxygen atoms in total. The lowest BCUT2D eigenvalue weighted by molar-refractivity contribution is -0.131. The number of amides is 1. The molecule has 0 spiro atoms. The first-order chi connectivity index (χ1) is 15.2. The van der Waals surface area contributed by atoms with E-state index in [0.29, 0.717) is 18.8 Å². The van der Waals surface area contributed by atoms with E-state index in [4.69, 9.17) is 9.47 Å². The molecule has 0 N–H and O–H groups in total. The maximum absolute atomic E-state index is 12.9. The zero-order chi connectivity index (χ0) is 22.9. The molecular weight excluding hydrogens is 430 g/mol. The number of fused-ring (bicyclic) bond motifs is 1. The summed E-state index contributed by atoms with van der Waals surface area (Å²) in [7, 11) is -3.58. The Labute approximate surface area is 189 Å². The van der Waals surface area contributed by atoms with E-state index >= 15 is 0 Å². The van der Waals surface area contributed by atoms with Crippen LogP contribution < -0.4 is 13.8 Å². The molecule has 0 aromatic heterocycles. The van der Waals surface area contributed by atoms with Crippen LogP contribution in [0.3, 0.4) is 0 Å². The summed E-state index contributed by atoms with van der Waals surface area (Å²) >= 11 is 0.